The second kappa shape index (κ2) is 4.62. The molecule has 0 aliphatic rings. The highest BCUT2D eigenvalue weighted by Crippen LogP contribution is 2.23. The fourth-order valence-electron chi connectivity index (χ4n) is 1.19. The minimum absolute atomic E-state index is 0.0469. The van der Waals surface area contributed by atoms with Crippen LogP contribution in [0.1, 0.15) is 10.7 Å². The number of esters is 1. The van der Waals surface area contributed by atoms with Gasteiger partial charge in [0.05, 0.1) is 7.11 Å². The molecule has 2 rings (SSSR count). The Labute approximate surface area is 104 Å². The van der Waals surface area contributed by atoms with Crippen LogP contribution in [0.5, 0.6) is 0 Å². The van der Waals surface area contributed by atoms with Crippen molar-refractivity contribution in [1.29, 1.82) is 0 Å². The lowest BCUT2D eigenvalue weighted by Gasteiger charge is -1.96. The predicted molar refractivity (Wildman–Crippen MR) is 58.7 cm³/mol. The van der Waals surface area contributed by atoms with Crippen LogP contribution in [0.25, 0.3) is 11.5 Å². The van der Waals surface area contributed by atoms with Gasteiger partial charge in [-0.05, 0) is 18.2 Å². The van der Waals surface area contributed by atoms with Gasteiger partial charge in [0, 0.05) is 10.0 Å². The molecule has 7 heteroatoms. The van der Waals surface area contributed by atoms with Gasteiger partial charge in [0.2, 0.25) is 5.89 Å². The molecule has 0 aliphatic carbocycles. The van der Waals surface area contributed by atoms with Crippen LogP contribution in [0, 0.1) is 5.82 Å². The van der Waals surface area contributed by atoms with Crippen molar-refractivity contribution in [3.05, 3.63) is 34.4 Å². The van der Waals surface area contributed by atoms with E-state index in [0.29, 0.717) is 10.0 Å². The van der Waals surface area contributed by atoms with E-state index in [0.717, 1.165) is 0 Å². The summed E-state index contributed by atoms with van der Waals surface area (Å²) in [5.74, 6) is -1.42. The van der Waals surface area contributed by atoms with Gasteiger partial charge < -0.3 is 9.15 Å². The molecule has 0 atom stereocenters. The van der Waals surface area contributed by atoms with Crippen molar-refractivity contribution < 1.29 is 18.3 Å². The summed E-state index contributed by atoms with van der Waals surface area (Å²) in [5.41, 5.74) is 0.375. The minimum Gasteiger partial charge on any atom is -0.462 e. The molecule has 0 bridgehead atoms. The van der Waals surface area contributed by atoms with Crippen LogP contribution in [0.3, 0.4) is 0 Å². The van der Waals surface area contributed by atoms with E-state index in [-0.39, 0.29) is 11.8 Å². The number of benzene rings is 1. The molecule has 0 amide bonds. The molecule has 1 aromatic carbocycles. The molecular formula is C10H6BrFN2O3. The van der Waals surface area contributed by atoms with Crippen LogP contribution >= 0.6 is 15.9 Å². The SMILES string of the molecule is COC(=O)c1nnc(-c2cc(F)cc(Br)c2)o1. The van der Waals surface area contributed by atoms with Gasteiger partial charge in [0.25, 0.3) is 0 Å². The monoisotopic (exact) mass is 300 g/mol. The van der Waals surface area contributed by atoms with Crippen LogP contribution in [0.2, 0.25) is 0 Å². The summed E-state index contributed by atoms with van der Waals surface area (Å²) in [6.45, 7) is 0. The fraction of sp³-hybridized carbons (Fsp3) is 0.100. The number of aromatic nitrogens is 2. The van der Waals surface area contributed by atoms with Crippen molar-refractivity contribution in [3.63, 3.8) is 0 Å². The van der Waals surface area contributed by atoms with Crippen molar-refractivity contribution in [2.75, 3.05) is 7.11 Å². The molecule has 1 aromatic heterocycles. The van der Waals surface area contributed by atoms with Crippen molar-refractivity contribution in [2.24, 2.45) is 0 Å². The molecule has 88 valence electrons. The smallest absolute Gasteiger partial charge is 0.396 e. The zero-order valence-corrected chi connectivity index (χ0v) is 10.2. The quantitative estimate of drug-likeness (QED) is 0.797. The van der Waals surface area contributed by atoms with E-state index in [1.807, 2.05) is 0 Å². The summed E-state index contributed by atoms with van der Waals surface area (Å²) in [6.07, 6.45) is 0. The molecule has 1 heterocycles. The lowest BCUT2D eigenvalue weighted by molar-refractivity contribution is 0.0556. The van der Waals surface area contributed by atoms with Gasteiger partial charge in [0.15, 0.2) is 0 Å². The van der Waals surface area contributed by atoms with Gasteiger partial charge in [0.1, 0.15) is 5.82 Å². The molecule has 5 nitrogen and oxygen atoms in total. The van der Waals surface area contributed by atoms with Crippen molar-refractivity contribution in [3.8, 4) is 11.5 Å². The zero-order chi connectivity index (χ0) is 12.4. The summed E-state index contributed by atoms with van der Waals surface area (Å²) >= 11 is 3.14. The number of ether oxygens (including phenoxy) is 1. The Morgan fingerprint density at radius 2 is 2.18 bits per heavy atom. The zero-order valence-electron chi connectivity index (χ0n) is 8.61. The Hall–Kier alpha value is -1.76. The lowest BCUT2D eigenvalue weighted by Crippen LogP contribution is -2.00. The number of rotatable bonds is 2. The maximum Gasteiger partial charge on any atom is 0.396 e. The van der Waals surface area contributed by atoms with Gasteiger partial charge in [-0.15, -0.1) is 10.2 Å². The molecule has 0 aliphatic heterocycles. The average molecular weight is 301 g/mol. The predicted octanol–water partition coefficient (Wildman–Crippen LogP) is 2.42. The van der Waals surface area contributed by atoms with Gasteiger partial charge in [-0.1, -0.05) is 15.9 Å². The summed E-state index contributed by atoms with van der Waals surface area (Å²) < 4.78 is 23.1. The Balaban J connectivity index is 2.40. The number of carbonyl (C=O) groups excluding carboxylic acids is 1. The van der Waals surface area contributed by atoms with Crippen LogP contribution in [0.4, 0.5) is 4.39 Å². The topological polar surface area (TPSA) is 65.2 Å². The van der Waals surface area contributed by atoms with E-state index in [1.165, 1.54) is 19.2 Å². The van der Waals surface area contributed by atoms with E-state index in [2.05, 4.69) is 30.9 Å². The Kier molecular flexibility index (Phi) is 3.19. The standard InChI is InChI=1S/C10H6BrFN2O3/c1-16-10(15)9-14-13-8(17-9)5-2-6(11)4-7(12)3-5/h2-4H,1H3. The highest BCUT2D eigenvalue weighted by Gasteiger charge is 2.16. The molecule has 0 saturated carbocycles. The van der Waals surface area contributed by atoms with Crippen LogP contribution < -0.4 is 0 Å². The van der Waals surface area contributed by atoms with Crippen molar-refractivity contribution in [1.82, 2.24) is 10.2 Å². The molecule has 0 N–H and O–H groups in total. The average Bonchev–Trinajstić information content (AvgIpc) is 2.76. The van der Waals surface area contributed by atoms with Crippen molar-refractivity contribution in [2.45, 2.75) is 0 Å². The molecule has 0 fully saturated rings. The summed E-state index contributed by atoms with van der Waals surface area (Å²) in [7, 11) is 1.20. The summed E-state index contributed by atoms with van der Waals surface area (Å²) in [5, 5.41) is 7.13. The molecule has 0 saturated heterocycles. The van der Waals surface area contributed by atoms with E-state index >= 15 is 0 Å². The largest absolute Gasteiger partial charge is 0.462 e. The molecular weight excluding hydrogens is 295 g/mol. The third kappa shape index (κ3) is 2.50. The Morgan fingerprint density at radius 1 is 1.41 bits per heavy atom. The first-order valence-corrected chi connectivity index (χ1v) is 5.27. The lowest BCUT2D eigenvalue weighted by atomic mass is 10.2. The molecule has 0 unspecified atom stereocenters. The summed E-state index contributed by atoms with van der Waals surface area (Å²) in [6, 6.07) is 4.11. The van der Waals surface area contributed by atoms with Crippen molar-refractivity contribution >= 4 is 21.9 Å². The van der Waals surface area contributed by atoms with E-state index in [1.54, 1.807) is 6.07 Å². The van der Waals surface area contributed by atoms with E-state index in [4.69, 9.17) is 4.42 Å². The van der Waals surface area contributed by atoms with Gasteiger partial charge in [-0.3, -0.25) is 0 Å². The van der Waals surface area contributed by atoms with Crippen LogP contribution in [-0.4, -0.2) is 23.3 Å². The minimum atomic E-state index is -0.737. The fourth-order valence-corrected chi connectivity index (χ4v) is 1.65. The maximum absolute atomic E-state index is 13.1. The number of nitrogens with zero attached hydrogens (tertiary/aromatic N) is 2. The highest BCUT2D eigenvalue weighted by atomic mass is 79.9. The van der Waals surface area contributed by atoms with Gasteiger partial charge in [-0.25, -0.2) is 9.18 Å². The third-order valence-corrected chi connectivity index (χ3v) is 2.35. The first-order chi connectivity index (χ1) is 8.10. The number of carbonyl (C=O) groups is 1. The Bertz CT molecular complexity index is 550. The number of methoxy groups -OCH3 is 1. The Morgan fingerprint density at radius 3 is 2.82 bits per heavy atom. The summed E-state index contributed by atoms with van der Waals surface area (Å²) in [4.78, 5) is 11.1. The normalized spacial score (nSPS) is 10.3. The van der Waals surface area contributed by atoms with Crippen LogP contribution in [-0.2, 0) is 4.74 Å². The molecule has 2 aromatic rings. The third-order valence-electron chi connectivity index (χ3n) is 1.89. The highest BCUT2D eigenvalue weighted by molar-refractivity contribution is 9.10. The molecule has 0 radical (unpaired) electrons. The molecule has 0 spiro atoms. The first-order valence-electron chi connectivity index (χ1n) is 4.48. The second-order valence-electron chi connectivity index (χ2n) is 3.06. The van der Waals surface area contributed by atoms with E-state index in [9.17, 15) is 9.18 Å². The number of hydrogen-bond donors (Lipinski definition) is 0. The second-order valence-corrected chi connectivity index (χ2v) is 3.98. The van der Waals surface area contributed by atoms with Gasteiger partial charge in [-0.2, -0.15) is 0 Å². The number of hydrogen-bond acceptors (Lipinski definition) is 5. The van der Waals surface area contributed by atoms with Crippen LogP contribution in [0.15, 0.2) is 27.1 Å². The van der Waals surface area contributed by atoms with Gasteiger partial charge >= 0.3 is 11.9 Å². The molecule has 17 heavy (non-hydrogen) atoms. The number of halogens is 2. The first kappa shape index (κ1) is 11.7. The maximum atomic E-state index is 13.1. The van der Waals surface area contributed by atoms with E-state index < -0.39 is 11.8 Å².